The van der Waals surface area contributed by atoms with E-state index in [-0.39, 0.29) is 12.0 Å². The Morgan fingerprint density at radius 1 is 1.05 bits per heavy atom. The van der Waals surface area contributed by atoms with Gasteiger partial charge in [-0.25, -0.2) is 0 Å². The average Bonchev–Trinajstić information content (AvgIpc) is 2.55. The molecule has 2 aromatic carbocycles. The molecule has 22 heavy (non-hydrogen) atoms. The minimum absolute atomic E-state index is 0.123. The van der Waals surface area contributed by atoms with E-state index in [9.17, 15) is 5.11 Å². The monoisotopic (exact) mass is 316 g/mol. The molecule has 1 saturated carbocycles. The van der Waals surface area contributed by atoms with Crippen molar-refractivity contribution in [3.8, 4) is 5.75 Å². The number of benzene rings is 2. The lowest BCUT2D eigenvalue weighted by Crippen LogP contribution is -2.23. The van der Waals surface area contributed by atoms with Crippen LogP contribution in [0.5, 0.6) is 5.75 Å². The number of hydrogen-bond acceptors (Lipinski definition) is 2. The van der Waals surface area contributed by atoms with Crippen LogP contribution >= 0.6 is 11.6 Å². The van der Waals surface area contributed by atoms with Gasteiger partial charge in [0, 0.05) is 16.5 Å². The van der Waals surface area contributed by atoms with Crippen LogP contribution in [0.3, 0.4) is 0 Å². The molecule has 0 aromatic heterocycles. The first-order valence-corrected chi connectivity index (χ1v) is 8.26. The van der Waals surface area contributed by atoms with Crippen LogP contribution in [0, 0.1) is 0 Å². The molecule has 0 saturated heterocycles. The molecule has 1 aliphatic carbocycles. The Kier molecular flexibility index (Phi) is 5.01. The summed E-state index contributed by atoms with van der Waals surface area (Å²) in [7, 11) is 0. The maximum atomic E-state index is 10.3. The predicted molar refractivity (Wildman–Crippen MR) is 89.4 cm³/mol. The molecule has 3 heteroatoms. The largest absolute Gasteiger partial charge is 0.489 e. The second kappa shape index (κ2) is 7.17. The molecule has 0 heterocycles. The van der Waals surface area contributed by atoms with Crippen molar-refractivity contribution >= 4 is 11.6 Å². The Morgan fingerprint density at radius 3 is 2.59 bits per heavy atom. The van der Waals surface area contributed by atoms with E-state index < -0.39 is 0 Å². The minimum Gasteiger partial charge on any atom is -0.489 e. The second-order valence-electron chi connectivity index (χ2n) is 5.91. The summed E-state index contributed by atoms with van der Waals surface area (Å²) in [5.74, 6) is 0.956. The molecule has 1 N–H and O–H groups in total. The molecule has 2 atom stereocenters. The summed E-state index contributed by atoms with van der Waals surface area (Å²) < 4.78 is 6.01. The first kappa shape index (κ1) is 15.4. The van der Waals surface area contributed by atoms with Crippen molar-refractivity contribution in [2.75, 3.05) is 0 Å². The standard InChI is InChI=1S/C19H21ClO2/c20-15-10-11-19(22-13-14-6-2-1-3-7-14)17(12-15)16-8-4-5-9-18(16)21/h1-3,6-7,10-12,16,18,21H,4-5,8-9,13H2. The lowest BCUT2D eigenvalue weighted by molar-refractivity contribution is 0.104. The Morgan fingerprint density at radius 2 is 1.82 bits per heavy atom. The molecule has 3 rings (SSSR count). The summed E-state index contributed by atoms with van der Waals surface area (Å²) in [6.45, 7) is 0.526. The predicted octanol–water partition coefficient (Wildman–Crippen LogP) is 4.94. The summed E-state index contributed by atoms with van der Waals surface area (Å²) >= 11 is 6.16. The van der Waals surface area contributed by atoms with Gasteiger partial charge in [0.15, 0.2) is 0 Å². The van der Waals surface area contributed by atoms with E-state index in [1.165, 1.54) is 0 Å². The first-order valence-electron chi connectivity index (χ1n) is 7.88. The molecule has 2 nitrogen and oxygen atoms in total. The third-order valence-electron chi connectivity index (χ3n) is 4.34. The van der Waals surface area contributed by atoms with Gasteiger partial charge in [-0.05, 0) is 36.6 Å². The van der Waals surface area contributed by atoms with Crippen LogP contribution in [-0.4, -0.2) is 11.2 Å². The van der Waals surface area contributed by atoms with Crippen LogP contribution in [0.1, 0.15) is 42.7 Å². The Balaban J connectivity index is 1.81. The lowest BCUT2D eigenvalue weighted by Gasteiger charge is -2.29. The van der Waals surface area contributed by atoms with E-state index in [1.54, 1.807) is 0 Å². The third kappa shape index (κ3) is 3.63. The third-order valence-corrected chi connectivity index (χ3v) is 4.57. The number of ether oxygens (including phenoxy) is 1. The van der Waals surface area contributed by atoms with Crippen molar-refractivity contribution in [1.29, 1.82) is 0 Å². The van der Waals surface area contributed by atoms with Gasteiger partial charge in [0.2, 0.25) is 0 Å². The smallest absolute Gasteiger partial charge is 0.123 e. The molecule has 2 unspecified atom stereocenters. The van der Waals surface area contributed by atoms with Gasteiger partial charge in [-0.15, -0.1) is 0 Å². The van der Waals surface area contributed by atoms with E-state index in [4.69, 9.17) is 16.3 Å². The van der Waals surface area contributed by atoms with Gasteiger partial charge in [-0.2, -0.15) is 0 Å². The molecular weight excluding hydrogens is 296 g/mol. The van der Waals surface area contributed by atoms with Crippen LogP contribution in [0.4, 0.5) is 0 Å². The van der Waals surface area contributed by atoms with Gasteiger partial charge >= 0.3 is 0 Å². The van der Waals surface area contributed by atoms with Crippen LogP contribution in [0.2, 0.25) is 5.02 Å². The Labute approximate surface area is 136 Å². The fraction of sp³-hybridized carbons (Fsp3) is 0.368. The van der Waals surface area contributed by atoms with Gasteiger partial charge < -0.3 is 9.84 Å². The van der Waals surface area contributed by atoms with Crippen molar-refractivity contribution in [1.82, 2.24) is 0 Å². The summed E-state index contributed by atoms with van der Waals surface area (Å²) in [6.07, 6.45) is 3.79. The second-order valence-corrected chi connectivity index (χ2v) is 6.35. The van der Waals surface area contributed by atoms with Crippen molar-refractivity contribution < 1.29 is 9.84 Å². The molecular formula is C19H21ClO2. The van der Waals surface area contributed by atoms with Gasteiger partial charge in [0.05, 0.1) is 6.10 Å². The maximum Gasteiger partial charge on any atom is 0.123 e. The van der Waals surface area contributed by atoms with Crippen molar-refractivity contribution in [3.63, 3.8) is 0 Å². The Hall–Kier alpha value is -1.51. The van der Waals surface area contributed by atoms with Crippen molar-refractivity contribution in [3.05, 3.63) is 64.7 Å². The highest BCUT2D eigenvalue weighted by Gasteiger charge is 2.27. The topological polar surface area (TPSA) is 29.5 Å². The molecule has 116 valence electrons. The van der Waals surface area contributed by atoms with Crippen LogP contribution in [-0.2, 0) is 6.61 Å². The van der Waals surface area contributed by atoms with E-state index in [1.807, 2.05) is 48.5 Å². The molecule has 0 amide bonds. The zero-order valence-corrected chi connectivity index (χ0v) is 13.3. The molecule has 1 fully saturated rings. The molecule has 0 spiro atoms. The van der Waals surface area contributed by atoms with Crippen LogP contribution in [0.25, 0.3) is 0 Å². The van der Waals surface area contributed by atoms with Gasteiger partial charge in [0.1, 0.15) is 12.4 Å². The number of halogens is 1. The van der Waals surface area contributed by atoms with E-state index in [2.05, 4.69) is 0 Å². The first-order chi connectivity index (χ1) is 10.7. The fourth-order valence-corrected chi connectivity index (χ4v) is 3.33. The molecule has 2 aromatic rings. The SMILES string of the molecule is OC1CCCCC1c1cc(Cl)ccc1OCc1ccccc1. The summed E-state index contributed by atoms with van der Waals surface area (Å²) in [6, 6.07) is 15.8. The van der Waals surface area contributed by atoms with E-state index >= 15 is 0 Å². The number of aliphatic hydroxyl groups is 1. The summed E-state index contributed by atoms with van der Waals surface area (Å²) in [5, 5.41) is 11.0. The quantitative estimate of drug-likeness (QED) is 0.866. The highest BCUT2D eigenvalue weighted by molar-refractivity contribution is 6.30. The lowest BCUT2D eigenvalue weighted by atomic mass is 9.81. The zero-order chi connectivity index (χ0) is 15.4. The van der Waals surface area contributed by atoms with Crippen molar-refractivity contribution in [2.45, 2.75) is 44.3 Å². The summed E-state index contributed by atoms with van der Waals surface area (Å²) in [4.78, 5) is 0. The molecule has 0 radical (unpaired) electrons. The van der Waals surface area contributed by atoms with Gasteiger partial charge in [-0.1, -0.05) is 54.8 Å². The minimum atomic E-state index is -0.300. The van der Waals surface area contributed by atoms with Gasteiger partial charge in [-0.3, -0.25) is 0 Å². The average molecular weight is 317 g/mol. The zero-order valence-electron chi connectivity index (χ0n) is 12.5. The highest BCUT2D eigenvalue weighted by atomic mass is 35.5. The molecule has 1 aliphatic rings. The highest BCUT2D eigenvalue weighted by Crippen LogP contribution is 2.39. The maximum absolute atomic E-state index is 10.3. The van der Waals surface area contributed by atoms with Crippen LogP contribution in [0.15, 0.2) is 48.5 Å². The molecule has 0 bridgehead atoms. The number of hydrogen-bond donors (Lipinski definition) is 1. The Bertz CT molecular complexity index is 612. The van der Waals surface area contributed by atoms with Crippen molar-refractivity contribution in [2.24, 2.45) is 0 Å². The van der Waals surface area contributed by atoms with E-state index in [0.29, 0.717) is 11.6 Å². The number of rotatable bonds is 4. The van der Waals surface area contributed by atoms with Crippen LogP contribution < -0.4 is 4.74 Å². The van der Waals surface area contributed by atoms with E-state index in [0.717, 1.165) is 42.6 Å². The normalized spacial score (nSPS) is 21.5. The summed E-state index contributed by atoms with van der Waals surface area (Å²) in [5.41, 5.74) is 2.17. The molecule has 0 aliphatic heterocycles. The number of aliphatic hydroxyl groups excluding tert-OH is 1. The van der Waals surface area contributed by atoms with Gasteiger partial charge in [0.25, 0.3) is 0 Å². The fourth-order valence-electron chi connectivity index (χ4n) is 3.15.